The molecule has 0 amide bonds. The fraction of sp³-hybridized carbons (Fsp3) is 0. The highest BCUT2D eigenvalue weighted by Gasteiger charge is 2.09. The number of aromatic amines is 1. The van der Waals surface area contributed by atoms with E-state index in [4.69, 9.17) is 5.26 Å². The summed E-state index contributed by atoms with van der Waals surface area (Å²) in [5.74, 6) is 0.242. The Balaban J connectivity index is 1.96. The van der Waals surface area contributed by atoms with E-state index in [2.05, 4.69) is 15.4 Å². The average molecular weight is 262 g/mol. The molecule has 20 heavy (non-hydrogen) atoms. The van der Waals surface area contributed by atoms with Crippen LogP contribution in [-0.2, 0) is 0 Å². The topological polar surface area (TPSA) is 85.6 Å². The van der Waals surface area contributed by atoms with Crippen LogP contribution < -0.4 is 0 Å². The fourth-order valence-electron chi connectivity index (χ4n) is 1.98. The van der Waals surface area contributed by atoms with Crippen molar-refractivity contribution in [3.63, 3.8) is 0 Å². The van der Waals surface area contributed by atoms with Crippen LogP contribution in [0.1, 0.15) is 5.69 Å². The first-order valence-electron chi connectivity index (χ1n) is 5.98. The number of nitrogens with one attached hydrogen (secondary N) is 1. The predicted molar refractivity (Wildman–Crippen MR) is 73.6 cm³/mol. The van der Waals surface area contributed by atoms with E-state index < -0.39 is 0 Å². The van der Waals surface area contributed by atoms with E-state index in [1.165, 1.54) is 0 Å². The van der Waals surface area contributed by atoms with Gasteiger partial charge in [-0.3, -0.25) is 0 Å². The van der Waals surface area contributed by atoms with Crippen molar-refractivity contribution in [2.45, 2.75) is 0 Å². The van der Waals surface area contributed by atoms with E-state index in [1.54, 1.807) is 12.1 Å². The van der Waals surface area contributed by atoms with Crippen LogP contribution in [0.4, 0.5) is 0 Å². The number of phenolic OH excluding ortho intramolecular Hbond substituents is 1. The normalized spacial score (nSPS) is 10.2. The number of phenols is 1. The van der Waals surface area contributed by atoms with Crippen molar-refractivity contribution in [2.24, 2.45) is 0 Å². The summed E-state index contributed by atoms with van der Waals surface area (Å²) in [6.45, 7) is 0. The van der Waals surface area contributed by atoms with E-state index in [9.17, 15) is 5.11 Å². The van der Waals surface area contributed by atoms with E-state index in [0.717, 1.165) is 16.7 Å². The van der Waals surface area contributed by atoms with E-state index in [-0.39, 0.29) is 11.4 Å². The summed E-state index contributed by atoms with van der Waals surface area (Å²) in [4.78, 5) is 0. The van der Waals surface area contributed by atoms with Crippen LogP contribution in [0.5, 0.6) is 5.75 Å². The van der Waals surface area contributed by atoms with Crippen molar-refractivity contribution >= 4 is 0 Å². The fourth-order valence-corrected chi connectivity index (χ4v) is 1.98. The van der Waals surface area contributed by atoms with Crippen molar-refractivity contribution in [1.82, 2.24) is 15.4 Å². The highest BCUT2D eigenvalue weighted by molar-refractivity contribution is 5.70. The van der Waals surface area contributed by atoms with Gasteiger partial charge in [0.25, 0.3) is 0 Å². The number of hydrogen-bond acceptors (Lipinski definition) is 4. The van der Waals surface area contributed by atoms with Crippen LogP contribution >= 0.6 is 0 Å². The van der Waals surface area contributed by atoms with Crippen molar-refractivity contribution in [3.8, 4) is 34.2 Å². The monoisotopic (exact) mass is 262 g/mol. The molecule has 96 valence electrons. The number of nitriles is 1. The van der Waals surface area contributed by atoms with Crippen molar-refractivity contribution in [1.29, 1.82) is 5.26 Å². The summed E-state index contributed by atoms with van der Waals surface area (Å²) in [6, 6.07) is 16.6. The molecule has 5 nitrogen and oxygen atoms in total. The van der Waals surface area contributed by atoms with Crippen molar-refractivity contribution in [2.75, 3.05) is 0 Å². The van der Waals surface area contributed by atoms with Gasteiger partial charge in [0, 0.05) is 5.56 Å². The lowest BCUT2D eigenvalue weighted by atomic mass is 10.0. The summed E-state index contributed by atoms with van der Waals surface area (Å²) in [7, 11) is 0. The molecule has 0 unspecified atom stereocenters. The quantitative estimate of drug-likeness (QED) is 0.743. The van der Waals surface area contributed by atoms with Gasteiger partial charge in [-0.1, -0.05) is 36.4 Å². The molecule has 1 heterocycles. The molecule has 0 saturated heterocycles. The Morgan fingerprint density at radius 2 is 1.40 bits per heavy atom. The number of hydrogen-bond donors (Lipinski definition) is 2. The van der Waals surface area contributed by atoms with Crippen molar-refractivity contribution < 1.29 is 5.11 Å². The third kappa shape index (κ3) is 2.10. The molecule has 0 bridgehead atoms. The molecule has 3 aromatic rings. The van der Waals surface area contributed by atoms with Gasteiger partial charge in [-0.2, -0.15) is 15.6 Å². The molecule has 1 aromatic heterocycles. The molecule has 0 saturated carbocycles. The Morgan fingerprint density at radius 1 is 0.850 bits per heavy atom. The number of rotatable bonds is 2. The molecule has 5 heteroatoms. The molecular formula is C15H10N4O. The summed E-state index contributed by atoms with van der Waals surface area (Å²) in [5.41, 5.74) is 3.69. The summed E-state index contributed by atoms with van der Waals surface area (Å²) >= 11 is 0. The maximum absolute atomic E-state index is 9.28. The molecule has 2 aromatic carbocycles. The third-order valence-corrected chi connectivity index (χ3v) is 3.01. The van der Waals surface area contributed by atoms with Crippen LogP contribution in [0.15, 0.2) is 48.5 Å². The number of benzene rings is 2. The standard InChI is InChI=1S/C15H10N4O/c16-9-14-15(18-19-17-14)12-3-1-10(2-4-12)11-5-7-13(20)8-6-11/h1-8,20H,(H,17,18,19). The molecule has 0 spiro atoms. The summed E-state index contributed by atoms with van der Waals surface area (Å²) in [5, 5.41) is 28.4. The molecule has 0 aliphatic heterocycles. The third-order valence-electron chi connectivity index (χ3n) is 3.01. The molecule has 0 aliphatic rings. The maximum atomic E-state index is 9.28. The highest BCUT2D eigenvalue weighted by Crippen LogP contribution is 2.25. The van der Waals surface area contributed by atoms with Gasteiger partial charge in [-0.25, -0.2) is 0 Å². The second-order valence-electron chi connectivity index (χ2n) is 4.26. The SMILES string of the molecule is N#Cc1n[nH]nc1-c1ccc(-c2ccc(O)cc2)cc1. The largest absolute Gasteiger partial charge is 0.508 e. The lowest BCUT2D eigenvalue weighted by molar-refractivity contribution is 0.475. The highest BCUT2D eigenvalue weighted by atomic mass is 16.3. The van der Waals surface area contributed by atoms with Crippen LogP contribution in [0.3, 0.4) is 0 Å². The van der Waals surface area contributed by atoms with Gasteiger partial charge in [0.15, 0.2) is 5.69 Å². The number of H-pyrrole nitrogens is 1. The molecule has 0 radical (unpaired) electrons. The molecular weight excluding hydrogens is 252 g/mol. The smallest absolute Gasteiger partial charge is 0.190 e. The Morgan fingerprint density at radius 3 is 2.00 bits per heavy atom. The molecule has 0 atom stereocenters. The zero-order valence-electron chi connectivity index (χ0n) is 10.4. The van der Waals surface area contributed by atoms with Crippen molar-refractivity contribution in [3.05, 3.63) is 54.2 Å². The zero-order chi connectivity index (χ0) is 13.9. The van der Waals surface area contributed by atoms with Crippen LogP contribution in [-0.4, -0.2) is 20.5 Å². The molecule has 0 aliphatic carbocycles. The number of aromatic nitrogens is 3. The van der Waals surface area contributed by atoms with Gasteiger partial charge in [0.1, 0.15) is 17.5 Å². The number of aromatic hydroxyl groups is 1. The van der Waals surface area contributed by atoms with Crippen LogP contribution in [0, 0.1) is 11.3 Å². The number of nitrogens with zero attached hydrogens (tertiary/aromatic N) is 3. The van der Waals surface area contributed by atoms with Gasteiger partial charge in [0.05, 0.1) is 0 Å². The van der Waals surface area contributed by atoms with Gasteiger partial charge in [-0.15, -0.1) is 5.10 Å². The zero-order valence-corrected chi connectivity index (χ0v) is 10.4. The van der Waals surface area contributed by atoms with Gasteiger partial charge in [0.2, 0.25) is 0 Å². The Hall–Kier alpha value is -3.13. The molecule has 0 fully saturated rings. The first kappa shape index (κ1) is 11.9. The first-order valence-corrected chi connectivity index (χ1v) is 5.98. The van der Waals surface area contributed by atoms with Gasteiger partial charge < -0.3 is 5.11 Å². The van der Waals surface area contributed by atoms with Gasteiger partial charge in [-0.05, 0) is 23.3 Å². The first-order chi connectivity index (χ1) is 9.78. The molecule has 3 rings (SSSR count). The van der Waals surface area contributed by atoms with E-state index >= 15 is 0 Å². The minimum atomic E-state index is 0.242. The minimum Gasteiger partial charge on any atom is -0.508 e. The van der Waals surface area contributed by atoms with E-state index in [0.29, 0.717) is 5.69 Å². The maximum Gasteiger partial charge on any atom is 0.190 e. The summed E-state index contributed by atoms with van der Waals surface area (Å²) < 4.78 is 0. The second-order valence-corrected chi connectivity index (χ2v) is 4.26. The Bertz CT molecular complexity index is 767. The van der Waals surface area contributed by atoms with Crippen LogP contribution in [0.2, 0.25) is 0 Å². The Kier molecular flexibility index (Phi) is 2.90. The van der Waals surface area contributed by atoms with Gasteiger partial charge >= 0.3 is 0 Å². The average Bonchev–Trinajstić information content (AvgIpc) is 2.97. The molecule has 2 N–H and O–H groups in total. The lowest BCUT2D eigenvalue weighted by Crippen LogP contribution is -1.83. The Labute approximate surface area is 115 Å². The van der Waals surface area contributed by atoms with E-state index in [1.807, 2.05) is 42.5 Å². The second kappa shape index (κ2) is 4.86. The minimum absolute atomic E-state index is 0.242. The van der Waals surface area contributed by atoms with Crippen LogP contribution in [0.25, 0.3) is 22.4 Å². The summed E-state index contributed by atoms with van der Waals surface area (Å²) in [6.07, 6.45) is 0. The lowest BCUT2D eigenvalue weighted by Gasteiger charge is -2.03. The predicted octanol–water partition coefficient (Wildman–Crippen LogP) is 2.72.